The average molecular weight is 360 g/mol. The normalized spacial score (nSPS) is 12.7. The van der Waals surface area contributed by atoms with E-state index in [9.17, 15) is 5.11 Å². The maximum atomic E-state index is 10.4. The predicted molar refractivity (Wildman–Crippen MR) is 73.8 cm³/mol. The maximum absolute atomic E-state index is 10.4. The lowest BCUT2D eigenvalue weighted by atomic mass is 10.1. The molecule has 2 aromatic rings. The molecule has 1 aromatic carbocycles. The first-order valence-electron chi connectivity index (χ1n) is 5.28. The maximum Gasteiger partial charge on any atom is 0.122 e. The third-order valence-corrected chi connectivity index (χ3v) is 3.72. The third-order valence-electron chi connectivity index (χ3n) is 2.58. The van der Waals surface area contributed by atoms with Gasteiger partial charge in [-0.1, -0.05) is 28.1 Å². The first kappa shape index (κ1) is 12.8. The van der Waals surface area contributed by atoms with Gasteiger partial charge in [-0.15, -0.1) is 0 Å². The summed E-state index contributed by atoms with van der Waals surface area (Å²) in [6.07, 6.45) is 1.04. The molecule has 0 aliphatic rings. The number of aryl methyl sites for hydroxylation is 1. The molecule has 2 rings (SSSR count). The van der Waals surface area contributed by atoms with E-state index in [4.69, 9.17) is 0 Å². The van der Waals surface area contributed by atoms with Crippen LogP contribution in [0.15, 0.2) is 39.4 Å². The van der Waals surface area contributed by atoms with Gasteiger partial charge >= 0.3 is 0 Å². The fourth-order valence-corrected chi connectivity index (χ4v) is 2.48. The van der Waals surface area contributed by atoms with Gasteiger partial charge in [-0.2, -0.15) is 5.10 Å². The van der Waals surface area contributed by atoms with Gasteiger partial charge in [-0.25, -0.2) is 0 Å². The average Bonchev–Trinajstić information content (AvgIpc) is 2.70. The van der Waals surface area contributed by atoms with Crippen molar-refractivity contribution < 1.29 is 5.11 Å². The van der Waals surface area contributed by atoms with Crippen molar-refractivity contribution in [2.24, 2.45) is 0 Å². The van der Waals surface area contributed by atoms with Crippen LogP contribution in [0.5, 0.6) is 0 Å². The highest BCUT2D eigenvalue weighted by atomic mass is 79.9. The van der Waals surface area contributed by atoms with Gasteiger partial charge in [0.1, 0.15) is 6.10 Å². The molecular formula is C12H12Br2N2O. The van der Waals surface area contributed by atoms with Gasteiger partial charge in [-0.05, 0) is 40.5 Å². The Morgan fingerprint density at radius 3 is 2.53 bits per heavy atom. The van der Waals surface area contributed by atoms with E-state index in [0.717, 1.165) is 26.7 Å². The van der Waals surface area contributed by atoms with E-state index < -0.39 is 6.10 Å². The highest BCUT2D eigenvalue weighted by Gasteiger charge is 2.18. The Hall–Kier alpha value is -0.650. The summed E-state index contributed by atoms with van der Waals surface area (Å²) in [6, 6.07) is 7.63. The van der Waals surface area contributed by atoms with Crippen molar-refractivity contribution in [1.29, 1.82) is 0 Å². The van der Waals surface area contributed by atoms with Gasteiger partial charge in [0.2, 0.25) is 0 Å². The van der Waals surface area contributed by atoms with Crippen LogP contribution in [-0.2, 0) is 6.54 Å². The number of halogens is 2. The Labute approximate surface area is 117 Å². The minimum atomic E-state index is -0.667. The summed E-state index contributed by atoms with van der Waals surface area (Å²) in [6.45, 7) is 2.73. The second kappa shape index (κ2) is 5.33. The van der Waals surface area contributed by atoms with Gasteiger partial charge < -0.3 is 5.11 Å². The van der Waals surface area contributed by atoms with Gasteiger partial charge in [0, 0.05) is 11.0 Å². The molecule has 0 amide bonds. The molecule has 0 saturated heterocycles. The Morgan fingerprint density at radius 2 is 1.94 bits per heavy atom. The van der Waals surface area contributed by atoms with E-state index in [1.165, 1.54) is 0 Å². The third kappa shape index (κ3) is 2.61. The van der Waals surface area contributed by atoms with E-state index in [2.05, 4.69) is 37.0 Å². The molecule has 0 saturated carbocycles. The summed E-state index contributed by atoms with van der Waals surface area (Å²) < 4.78 is 3.61. The molecule has 1 N–H and O–H groups in total. The van der Waals surface area contributed by atoms with Crippen molar-refractivity contribution in [1.82, 2.24) is 9.78 Å². The number of aromatic nitrogens is 2. The van der Waals surface area contributed by atoms with Crippen LogP contribution in [0.2, 0.25) is 0 Å². The van der Waals surface area contributed by atoms with Crippen LogP contribution in [0.25, 0.3) is 0 Å². The molecule has 17 heavy (non-hydrogen) atoms. The van der Waals surface area contributed by atoms with Gasteiger partial charge in [0.25, 0.3) is 0 Å². The van der Waals surface area contributed by atoms with Gasteiger partial charge in [0.05, 0.1) is 16.4 Å². The molecule has 0 aliphatic carbocycles. The zero-order valence-corrected chi connectivity index (χ0v) is 12.4. The number of benzene rings is 1. The summed E-state index contributed by atoms with van der Waals surface area (Å²) in [7, 11) is 0. The van der Waals surface area contributed by atoms with Crippen molar-refractivity contribution in [2.45, 2.75) is 19.6 Å². The van der Waals surface area contributed by atoms with Crippen molar-refractivity contribution in [3.05, 3.63) is 50.7 Å². The van der Waals surface area contributed by atoms with Crippen LogP contribution in [0.3, 0.4) is 0 Å². The fraction of sp³-hybridized carbons (Fsp3) is 0.250. The molecule has 1 atom stereocenters. The smallest absolute Gasteiger partial charge is 0.122 e. The predicted octanol–water partition coefficient (Wildman–Crippen LogP) is 3.51. The SMILES string of the molecule is CCn1ncc(Br)c1C(O)c1ccc(Br)cc1. The second-order valence-electron chi connectivity index (χ2n) is 3.65. The van der Waals surface area contributed by atoms with Crippen molar-refractivity contribution >= 4 is 31.9 Å². The quantitative estimate of drug-likeness (QED) is 0.910. The van der Waals surface area contributed by atoms with Crippen molar-refractivity contribution in [2.75, 3.05) is 0 Å². The van der Waals surface area contributed by atoms with Crippen LogP contribution >= 0.6 is 31.9 Å². The number of aliphatic hydroxyl groups is 1. The zero-order chi connectivity index (χ0) is 12.4. The molecule has 0 fully saturated rings. The molecule has 1 aromatic heterocycles. The molecule has 0 radical (unpaired) electrons. The molecule has 0 bridgehead atoms. The number of aliphatic hydroxyl groups excluding tert-OH is 1. The summed E-state index contributed by atoms with van der Waals surface area (Å²) in [5.74, 6) is 0. The van der Waals surface area contributed by atoms with E-state index >= 15 is 0 Å². The van der Waals surface area contributed by atoms with E-state index in [1.807, 2.05) is 31.2 Å². The number of hydrogen-bond donors (Lipinski definition) is 1. The van der Waals surface area contributed by atoms with Crippen LogP contribution in [0.1, 0.15) is 24.3 Å². The van der Waals surface area contributed by atoms with Crippen LogP contribution in [0, 0.1) is 0 Å². The number of nitrogens with zero attached hydrogens (tertiary/aromatic N) is 2. The van der Waals surface area contributed by atoms with Crippen molar-refractivity contribution in [3.8, 4) is 0 Å². The van der Waals surface area contributed by atoms with Crippen LogP contribution in [0.4, 0.5) is 0 Å². The fourth-order valence-electron chi connectivity index (χ4n) is 1.70. The summed E-state index contributed by atoms with van der Waals surface area (Å²) in [5, 5.41) is 14.6. The Balaban J connectivity index is 2.39. The lowest BCUT2D eigenvalue weighted by molar-refractivity contribution is 0.207. The lowest BCUT2D eigenvalue weighted by Crippen LogP contribution is -2.09. The molecule has 0 spiro atoms. The van der Waals surface area contributed by atoms with E-state index in [0.29, 0.717) is 0 Å². The molecule has 0 aliphatic heterocycles. The Bertz CT molecular complexity index is 508. The number of hydrogen-bond acceptors (Lipinski definition) is 2. The van der Waals surface area contributed by atoms with Crippen LogP contribution in [-0.4, -0.2) is 14.9 Å². The molecule has 5 heteroatoms. The molecule has 1 heterocycles. The first-order valence-corrected chi connectivity index (χ1v) is 6.86. The second-order valence-corrected chi connectivity index (χ2v) is 5.42. The minimum Gasteiger partial charge on any atom is -0.382 e. The monoisotopic (exact) mass is 358 g/mol. The molecular weight excluding hydrogens is 348 g/mol. The molecule has 1 unspecified atom stereocenters. The Kier molecular flexibility index (Phi) is 4.01. The zero-order valence-electron chi connectivity index (χ0n) is 9.27. The standard InChI is InChI=1S/C12H12Br2N2O/c1-2-16-11(10(14)7-15-16)12(17)8-3-5-9(13)6-4-8/h3-7,12,17H,2H2,1H3. The molecule has 90 valence electrons. The van der Waals surface area contributed by atoms with Gasteiger partial charge in [-0.3, -0.25) is 4.68 Å². The summed E-state index contributed by atoms with van der Waals surface area (Å²) in [4.78, 5) is 0. The Morgan fingerprint density at radius 1 is 1.29 bits per heavy atom. The van der Waals surface area contributed by atoms with Crippen molar-refractivity contribution in [3.63, 3.8) is 0 Å². The highest BCUT2D eigenvalue weighted by Crippen LogP contribution is 2.29. The summed E-state index contributed by atoms with van der Waals surface area (Å²) >= 11 is 6.80. The van der Waals surface area contributed by atoms with Gasteiger partial charge in [0.15, 0.2) is 0 Å². The van der Waals surface area contributed by atoms with E-state index in [1.54, 1.807) is 10.9 Å². The lowest BCUT2D eigenvalue weighted by Gasteiger charge is -2.13. The largest absolute Gasteiger partial charge is 0.382 e. The van der Waals surface area contributed by atoms with Crippen LogP contribution < -0.4 is 0 Å². The topological polar surface area (TPSA) is 38.0 Å². The van der Waals surface area contributed by atoms with E-state index in [-0.39, 0.29) is 0 Å². The highest BCUT2D eigenvalue weighted by molar-refractivity contribution is 9.10. The number of rotatable bonds is 3. The molecule has 3 nitrogen and oxygen atoms in total. The summed E-state index contributed by atoms with van der Waals surface area (Å²) in [5.41, 5.74) is 1.64. The minimum absolute atomic E-state index is 0.667. The first-order chi connectivity index (χ1) is 8.13.